The van der Waals surface area contributed by atoms with Crippen LogP contribution in [0.2, 0.25) is 0 Å². The van der Waals surface area contributed by atoms with E-state index in [1.807, 2.05) is 60.7 Å². The third-order valence-electron chi connectivity index (χ3n) is 4.78. The molecule has 30 heavy (non-hydrogen) atoms. The number of aromatic nitrogens is 1. The molecule has 0 fully saturated rings. The summed E-state index contributed by atoms with van der Waals surface area (Å²) in [4.78, 5) is 24.0. The highest BCUT2D eigenvalue weighted by Gasteiger charge is 2.31. The van der Waals surface area contributed by atoms with Crippen molar-refractivity contribution >= 4 is 5.91 Å². The molecule has 2 aromatic carbocycles. The van der Waals surface area contributed by atoms with E-state index in [-0.39, 0.29) is 5.92 Å². The van der Waals surface area contributed by atoms with Crippen LogP contribution >= 0.6 is 0 Å². The van der Waals surface area contributed by atoms with E-state index in [1.165, 1.54) is 0 Å². The maximum absolute atomic E-state index is 12.8. The van der Waals surface area contributed by atoms with Gasteiger partial charge in [-0.15, -0.1) is 0 Å². The average Bonchev–Trinajstić information content (AvgIpc) is 2.73. The van der Waals surface area contributed by atoms with Crippen molar-refractivity contribution in [3.63, 3.8) is 0 Å². The second-order valence-corrected chi connectivity index (χ2v) is 6.89. The summed E-state index contributed by atoms with van der Waals surface area (Å²) < 4.78 is 39.3. The number of nitrogens with zero attached hydrogens (tertiary/aromatic N) is 1. The second-order valence-electron chi connectivity index (χ2n) is 6.89. The summed E-state index contributed by atoms with van der Waals surface area (Å²) >= 11 is 0. The first-order chi connectivity index (χ1) is 14.3. The number of pyridine rings is 1. The smallest absolute Gasteiger partial charge is 0.355 e. The fraction of sp³-hybridized carbons (Fsp3) is 0.217. The Morgan fingerprint density at radius 1 is 0.900 bits per heavy atom. The fourth-order valence-corrected chi connectivity index (χ4v) is 3.29. The Morgan fingerprint density at radius 3 is 2.00 bits per heavy atom. The van der Waals surface area contributed by atoms with Crippen molar-refractivity contribution in [1.82, 2.24) is 9.88 Å². The van der Waals surface area contributed by atoms with E-state index in [0.29, 0.717) is 25.2 Å². The highest BCUT2D eigenvalue weighted by atomic mass is 19.4. The summed E-state index contributed by atoms with van der Waals surface area (Å²) in [5.41, 5.74) is 0.576. The van der Waals surface area contributed by atoms with Gasteiger partial charge in [-0.25, -0.2) is 0 Å². The molecule has 3 rings (SSSR count). The van der Waals surface area contributed by atoms with E-state index < -0.39 is 29.8 Å². The molecule has 1 heterocycles. The number of carbonyl (C=O) groups excluding carboxylic acids is 1. The molecule has 0 bridgehead atoms. The maximum Gasteiger partial charge on any atom is 0.417 e. The molecule has 1 aromatic heterocycles. The van der Waals surface area contributed by atoms with Crippen LogP contribution in [0.5, 0.6) is 0 Å². The molecule has 0 radical (unpaired) electrons. The minimum Gasteiger partial charge on any atom is -0.355 e. The fourth-order valence-electron chi connectivity index (χ4n) is 3.29. The standard InChI is InChI=1S/C23H21F3N2O2/c24-23(25,26)19-11-12-22(30)28(15-19)16-21(29)27-14-13-20(17-7-3-1-4-8-17)18-9-5-2-6-10-18/h1-12,15,20H,13-14,16H2,(H,27,29). The van der Waals surface area contributed by atoms with Crippen molar-refractivity contribution in [2.75, 3.05) is 6.54 Å². The molecular weight excluding hydrogens is 393 g/mol. The van der Waals surface area contributed by atoms with Crippen LogP contribution in [0.3, 0.4) is 0 Å². The molecule has 4 nitrogen and oxygen atoms in total. The van der Waals surface area contributed by atoms with Crippen molar-refractivity contribution in [3.05, 3.63) is 106 Å². The lowest BCUT2D eigenvalue weighted by Gasteiger charge is -2.18. The van der Waals surface area contributed by atoms with Crippen LogP contribution in [0, 0.1) is 0 Å². The quantitative estimate of drug-likeness (QED) is 0.630. The third kappa shape index (κ3) is 5.59. The lowest BCUT2D eigenvalue weighted by molar-refractivity contribution is -0.138. The molecule has 0 aliphatic heterocycles. The Bertz CT molecular complexity index is 992. The normalized spacial score (nSPS) is 11.5. The van der Waals surface area contributed by atoms with Crippen LogP contribution in [0.25, 0.3) is 0 Å². The van der Waals surface area contributed by atoms with Crippen molar-refractivity contribution < 1.29 is 18.0 Å². The largest absolute Gasteiger partial charge is 0.417 e. The van der Waals surface area contributed by atoms with Gasteiger partial charge in [0.2, 0.25) is 5.91 Å². The molecule has 156 valence electrons. The number of amides is 1. The third-order valence-corrected chi connectivity index (χ3v) is 4.78. The Morgan fingerprint density at radius 2 is 1.47 bits per heavy atom. The number of alkyl halides is 3. The first-order valence-electron chi connectivity index (χ1n) is 9.49. The Balaban J connectivity index is 1.65. The average molecular weight is 414 g/mol. The minimum absolute atomic E-state index is 0.0592. The van der Waals surface area contributed by atoms with Crippen LogP contribution in [-0.2, 0) is 17.5 Å². The topological polar surface area (TPSA) is 51.1 Å². The van der Waals surface area contributed by atoms with E-state index in [0.717, 1.165) is 21.8 Å². The van der Waals surface area contributed by atoms with Crippen LogP contribution in [0.15, 0.2) is 83.8 Å². The maximum atomic E-state index is 12.8. The summed E-state index contributed by atoms with van der Waals surface area (Å²) in [6, 6.07) is 21.2. The van der Waals surface area contributed by atoms with Crippen molar-refractivity contribution in [2.24, 2.45) is 0 Å². The molecule has 0 saturated heterocycles. The SMILES string of the molecule is O=C(Cn1cc(C(F)(F)F)ccc1=O)NCCC(c1ccccc1)c1ccccc1. The van der Waals surface area contributed by atoms with Gasteiger partial charge in [-0.3, -0.25) is 9.59 Å². The monoisotopic (exact) mass is 414 g/mol. The summed E-state index contributed by atoms with van der Waals surface area (Å²) in [6.07, 6.45) is -3.31. The van der Waals surface area contributed by atoms with Crippen LogP contribution in [-0.4, -0.2) is 17.0 Å². The first kappa shape index (κ1) is 21.4. The summed E-state index contributed by atoms with van der Waals surface area (Å²) in [5, 5.41) is 2.71. The van der Waals surface area contributed by atoms with E-state index in [9.17, 15) is 22.8 Å². The van der Waals surface area contributed by atoms with Gasteiger partial charge in [0.25, 0.3) is 5.56 Å². The summed E-state index contributed by atoms with van der Waals surface area (Å²) in [5.74, 6) is -0.458. The van der Waals surface area contributed by atoms with Gasteiger partial charge in [0, 0.05) is 24.7 Å². The number of nitrogens with one attached hydrogen (secondary N) is 1. The number of hydrogen-bond acceptors (Lipinski definition) is 2. The lowest BCUT2D eigenvalue weighted by Crippen LogP contribution is -2.33. The molecule has 7 heteroatoms. The zero-order chi connectivity index (χ0) is 21.6. The Hall–Kier alpha value is -3.35. The van der Waals surface area contributed by atoms with E-state index in [4.69, 9.17) is 0 Å². The second kappa shape index (κ2) is 9.43. The number of benzene rings is 2. The van der Waals surface area contributed by atoms with Crippen LogP contribution < -0.4 is 10.9 Å². The molecule has 0 aliphatic rings. The van der Waals surface area contributed by atoms with Gasteiger partial charge in [0.1, 0.15) is 6.54 Å². The molecule has 3 aromatic rings. The van der Waals surface area contributed by atoms with Gasteiger partial charge >= 0.3 is 6.18 Å². The first-order valence-corrected chi connectivity index (χ1v) is 9.49. The molecule has 0 unspecified atom stereocenters. The van der Waals surface area contributed by atoms with Gasteiger partial charge in [0.15, 0.2) is 0 Å². The summed E-state index contributed by atoms with van der Waals surface area (Å²) in [6.45, 7) is -0.148. The van der Waals surface area contributed by atoms with E-state index in [1.54, 1.807) is 0 Å². The number of hydrogen-bond donors (Lipinski definition) is 1. The molecule has 0 saturated carbocycles. The Labute approximate surface area is 172 Å². The van der Waals surface area contributed by atoms with Gasteiger partial charge in [0.05, 0.1) is 5.56 Å². The minimum atomic E-state index is -4.58. The predicted octanol–water partition coefficient (Wildman–Crippen LogP) is 4.21. The predicted molar refractivity (Wildman–Crippen MR) is 108 cm³/mol. The molecule has 0 aliphatic carbocycles. The van der Waals surface area contributed by atoms with Gasteiger partial charge in [-0.2, -0.15) is 13.2 Å². The number of halogens is 3. The molecule has 1 N–H and O–H groups in total. The van der Waals surface area contributed by atoms with Crippen molar-refractivity contribution in [3.8, 4) is 0 Å². The molecular formula is C23H21F3N2O2. The van der Waals surface area contributed by atoms with Gasteiger partial charge < -0.3 is 9.88 Å². The van der Waals surface area contributed by atoms with Gasteiger partial charge in [-0.1, -0.05) is 60.7 Å². The zero-order valence-corrected chi connectivity index (χ0v) is 16.1. The highest BCUT2D eigenvalue weighted by Crippen LogP contribution is 2.28. The molecule has 1 amide bonds. The zero-order valence-electron chi connectivity index (χ0n) is 16.1. The van der Waals surface area contributed by atoms with E-state index in [2.05, 4.69) is 5.32 Å². The lowest BCUT2D eigenvalue weighted by atomic mass is 9.88. The van der Waals surface area contributed by atoms with Gasteiger partial charge in [-0.05, 0) is 23.6 Å². The molecule has 0 spiro atoms. The highest BCUT2D eigenvalue weighted by molar-refractivity contribution is 5.75. The van der Waals surface area contributed by atoms with Crippen LogP contribution in [0.1, 0.15) is 29.0 Å². The summed E-state index contributed by atoms with van der Waals surface area (Å²) in [7, 11) is 0. The van der Waals surface area contributed by atoms with E-state index >= 15 is 0 Å². The van der Waals surface area contributed by atoms with Crippen molar-refractivity contribution in [1.29, 1.82) is 0 Å². The van der Waals surface area contributed by atoms with Crippen LogP contribution in [0.4, 0.5) is 13.2 Å². The molecule has 0 atom stereocenters. The number of rotatable bonds is 7. The Kier molecular flexibility index (Phi) is 6.72. The van der Waals surface area contributed by atoms with Crippen molar-refractivity contribution in [2.45, 2.75) is 25.1 Å². The number of carbonyl (C=O) groups is 1.